The Labute approximate surface area is 139 Å². The van der Waals surface area contributed by atoms with E-state index in [0.29, 0.717) is 35.5 Å². The van der Waals surface area contributed by atoms with Gasteiger partial charge in [-0.25, -0.2) is 0 Å². The number of ether oxygens (including phenoxy) is 1. The highest BCUT2D eigenvalue weighted by Gasteiger charge is 2.11. The van der Waals surface area contributed by atoms with Crippen LogP contribution in [0.1, 0.15) is 13.3 Å². The van der Waals surface area contributed by atoms with Crippen molar-refractivity contribution in [2.75, 3.05) is 25.1 Å². The second-order valence-electron chi connectivity index (χ2n) is 4.25. The summed E-state index contributed by atoms with van der Waals surface area (Å²) in [6.45, 7) is 3.83. The van der Waals surface area contributed by atoms with Gasteiger partial charge in [0, 0.05) is 31.0 Å². The molecular weight excluding hydrogens is 325 g/mol. The number of carbonyl (C=O) groups is 1. The van der Waals surface area contributed by atoms with E-state index in [1.807, 2.05) is 13.0 Å². The molecule has 0 radical (unpaired) electrons. The predicted molar refractivity (Wildman–Crippen MR) is 87.9 cm³/mol. The van der Waals surface area contributed by atoms with E-state index in [1.165, 1.54) is 12.3 Å². The molecule has 0 saturated heterocycles. The third-order valence-electron chi connectivity index (χ3n) is 2.60. The number of nitrogens with zero attached hydrogens (tertiary/aromatic N) is 1. The molecule has 0 aromatic heterocycles. The maximum atomic E-state index is 12.0. The van der Waals surface area contributed by atoms with Gasteiger partial charge in [0.25, 0.3) is 5.91 Å². The Kier molecular flexibility index (Phi) is 8.38. The van der Waals surface area contributed by atoms with Crippen molar-refractivity contribution in [1.29, 1.82) is 5.26 Å². The summed E-state index contributed by atoms with van der Waals surface area (Å²) in [7, 11) is 0. The molecule has 118 valence electrons. The molecule has 0 atom stereocenters. The van der Waals surface area contributed by atoms with Gasteiger partial charge in [-0.3, -0.25) is 4.79 Å². The van der Waals surface area contributed by atoms with Crippen LogP contribution < -0.4 is 10.6 Å². The molecule has 0 bridgehead atoms. The van der Waals surface area contributed by atoms with Crippen LogP contribution in [0.4, 0.5) is 5.69 Å². The molecule has 0 aliphatic heterocycles. The molecule has 0 fully saturated rings. The molecule has 2 N–H and O–H groups in total. The summed E-state index contributed by atoms with van der Waals surface area (Å²) >= 11 is 11.8. The second-order valence-corrected chi connectivity index (χ2v) is 5.10. The van der Waals surface area contributed by atoms with Crippen LogP contribution in [0, 0.1) is 11.3 Å². The number of anilines is 1. The Balaban J connectivity index is 2.57. The first-order valence-electron chi connectivity index (χ1n) is 6.76. The Morgan fingerprint density at radius 2 is 2.23 bits per heavy atom. The molecule has 7 heteroatoms. The number of carbonyl (C=O) groups excluding carboxylic acids is 1. The number of hydrogen-bond donors (Lipinski definition) is 2. The van der Waals surface area contributed by atoms with Gasteiger partial charge in [0.2, 0.25) is 0 Å². The Morgan fingerprint density at radius 1 is 1.45 bits per heavy atom. The fourth-order valence-corrected chi connectivity index (χ4v) is 1.86. The lowest BCUT2D eigenvalue weighted by molar-refractivity contribution is -0.112. The van der Waals surface area contributed by atoms with Gasteiger partial charge in [-0.05, 0) is 31.5 Å². The van der Waals surface area contributed by atoms with E-state index >= 15 is 0 Å². The second kappa shape index (κ2) is 10.1. The van der Waals surface area contributed by atoms with E-state index in [4.69, 9.17) is 33.2 Å². The zero-order valence-corrected chi connectivity index (χ0v) is 13.7. The monoisotopic (exact) mass is 341 g/mol. The zero-order valence-electron chi connectivity index (χ0n) is 12.2. The van der Waals surface area contributed by atoms with Crippen molar-refractivity contribution in [2.45, 2.75) is 13.3 Å². The maximum absolute atomic E-state index is 12.0. The molecular formula is C15H17Cl2N3O2. The van der Waals surface area contributed by atoms with Crippen molar-refractivity contribution in [3.05, 3.63) is 40.0 Å². The highest BCUT2D eigenvalue weighted by atomic mass is 35.5. The van der Waals surface area contributed by atoms with E-state index in [9.17, 15) is 4.79 Å². The molecule has 1 rings (SSSR count). The first-order chi connectivity index (χ1) is 10.6. The number of nitrogens with one attached hydrogen (secondary N) is 2. The van der Waals surface area contributed by atoms with Gasteiger partial charge >= 0.3 is 0 Å². The molecule has 1 amide bonds. The van der Waals surface area contributed by atoms with Crippen LogP contribution in [-0.2, 0) is 9.53 Å². The molecule has 1 aromatic carbocycles. The number of nitriles is 1. The molecule has 1 aromatic rings. The zero-order chi connectivity index (χ0) is 16.4. The van der Waals surface area contributed by atoms with Crippen molar-refractivity contribution in [3.8, 4) is 6.07 Å². The van der Waals surface area contributed by atoms with Gasteiger partial charge < -0.3 is 15.4 Å². The summed E-state index contributed by atoms with van der Waals surface area (Å²) < 4.78 is 5.19. The van der Waals surface area contributed by atoms with Gasteiger partial charge in [-0.15, -0.1) is 0 Å². The van der Waals surface area contributed by atoms with Crippen LogP contribution in [0.25, 0.3) is 0 Å². The molecule has 0 spiro atoms. The summed E-state index contributed by atoms with van der Waals surface area (Å²) in [5, 5.41) is 15.3. The maximum Gasteiger partial charge on any atom is 0.267 e. The van der Waals surface area contributed by atoms with Crippen molar-refractivity contribution >= 4 is 34.8 Å². The Bertz CT molecular complexity index is 583. The lowest BCUT2D eigenvalue weighted by Crippen LogP contribution is -2.18. The highest BCUT2D eigenvalue weighted by Crippen LogP contribution is 2.25. The summed E-state index contributed by atoms with van der Waals surface area (Å²) in [5.41, 5.74) is 0.309. The van der Waals surface area contributed by atoms with Crippen LogP contribution >= 0.6 is 23.2 Å². The first-order valence-corrected chi connectivity index (χ1v) is 7.52. The Morgan fingerprint density at radius 3 is 2.91 bits per heavy atom. The number of amides is 1. The first kappa shape index (κ1) is 18.3. The highest BCUT2D eigenvalue weighted by molar-refractivity contribution is 6.35. The molecule has 0 aliphatic carbocycles. The average molecular weight is 342 g/mol. The van der Waals surface area contributed by atoms with Gasteiger partial charge in [-0.2, -0.15) is 5.26 Å². The van der Waals surface area contributed by atoms with E-state index < -0.39 is 5.91 Å². The third-order valence-corrected chi connectivity index (χ3v) is 3.17. The SMILES string of the molecule is CCOCCCN/C=C(/C#N)C(=O)Nc1cc(Cl)ccc1Cl. The van der Waals surface area contributed by atoms with Crippen LogP contribution in [-0.4, -0.2) is 25.7 Å². The summed E-state index contributed by atoms with van der Waals surface area (Å²) in [5.74, 6) is -0.552. The number of benzene rings is 1. The quantitative estimate of drug-likeness (QED) is 0.432. The van der Waals surface area contributed by atoms with Gasteiger partial charge in [0.1, 0.15) is 11.6 Å². The standard InChI is InChI=1S/C15H17Cl2N3O2/c1-2-22-7-3-6-19-10-11(9-18)15(21)20-14-8-12(16)4-5-13(14)17/h4-5,8,10,19H,2-3,6-7H2,1H3,(H,20,21)/b11-10-. The van der Waals surface area contributed by atoms with E-state index in [-0.39, 0.29) is 5.57 Å². The minimum atomic E-state index is -0.552. The third kappa shape index (κ3) is 6.35. The minimum absolute atomic E-state index is 0.0487. The summed E-state index contributed by atoms with van der Waals surface area (Å²) in [4.78, 5) is 12.0. The van der Waals surface area contributed by atoms with Crippen molar-refractivity contribution in [1.82, 2.24) is 5.32 Å². The van der Waals surface area contributed by atoms with Crippen LogP contribution in [0.5, 0.6) is 0 Å². The van der Waals surface area contributed by atoms with Gasteiger partial charge in [0.05, 0.1) is 10.7 Å². The number of hydrogen-bond acceptors (Lipinski definition) is 4. The summed E-state index contributed by atoms with van der Waals surface area (Å²) in [6, 6.07) is 6.54. The lowest BCUT2D eigenvalue weighted by Gasteiger charge is -2.07. The van der Waals surface area contributed by atoms with Crippen LogP contribution in [0.3, 0.4) is 0 Å². The van der Waals surface area contributed by atoms with Gasteiger partial charge in [-0.1, -0.05) is 23.2 Å². The minimum Gasteiger partial charge on any atom is -0.390 e. The van der Waals surface area contributed by atoms with Crippen molar-refractivity contribution in [3.63, 3.8) is 0 Å². The van der Waals surface area contributed by atoms with Crippen molar-refractivity contribution < 1.29 is 9.53 Å². The topological polar surface area (TPSA) is 74.1 Å². The molecule has 5 nitrogen and oxygen atoms in total. The van der Waals surface area contributed by atoms with Crippen LogP contribution in [0.15, 0.2) is 30.0 Å². The van der Waals surface area contributed by atoms with Crippen molar-refractivity contribution in [2.24, 2.45) is 0 Å². The number of rotatable bonds is 8. The molecule has 0 aliphatic rings. The van der Waals surface area contributed by atoms with E-state index in [0.717, 1.165) is 6.42 Å². The summed E-state index contributed by atoms with van der Waals surface area (Å²) in [6.07, 6.45) is 2.16. The Hall–Kier alpha value is -1.74. The van der Waals surface area contributed by atoms with Crippen LogP contribution in [0.2, 0.25) is 10.0 Å². The largest absolute Gasteiger partial charge is 0.390 e. The lowest BCUT2D eigenvalue weighted by atomic mass is 10.2. The average Bonchev–Trinajstić information content (AvgIpc) is 2.50. The molecule has 0 unspecified atom stereocenters. The van der Waals surface area contributed by atoms with E-state index in [2.05, 4.69) is 10.6 Å². The predicted octanol–water partition coefficient (Wildman–Crippen LogP) is 3.36. The fraction of sp³-hybridized carbons (Fsp3) is 0.333. The van der Waals surface area contributed by atoms with Gasteiger partial charge in [0.15, 0.2) is 0 Å². The normalized spacial score (nSPS) is 10.9. The molecule has 0 saturated carbocycles. The number of halogens is 2. The smallest absolute Gasteiger partial charge is 0.267 e. The van der Waals surface area contributed by atoms with E-state index in [1.54, 1.807) is 12.1 Å². The molecule has 0 heterocycles. The molecule has 22 heavy (non-hydrogen) atoms. The fourth-order valence-electron chi connectivity index (χ4n) is 1.53.